The molecule has 1 aromatic rings. The van der Waals surface area contributed by atoms with Gasteiger partial charge in [0.25, 0.3) is 0 Å². The Hall–Kier alpha value is -1.24. The lowest BCUT2D eigenvalue weighted by atomic mass is 10.0. The third kappa shape index (κ3) is 0.520. The Morgan fingerprint density at radius 1 is 1.50 bits per heavy atom. The maximum Gasteiger partial charge on any atom is 0.134 e. The van der Waals surface area contributed by atoms with Crippen molar-refractivity contribution < 1.29 is 4.74 Å². The van der Waals surface area contributed by atoms with E-state index >= 15 is 0 Å². The Balaban J connectivity index is 2.67. The van der Waals surface area contributed by atoms with Gasteiger partial charge in [0.1, 0.15) is 11.5 Å². The molecule has 1 nitrogen and oxygen atoms in total. The fourth-order valence-electron chi connectivity index (χ4n) is 1.13. The molecule has 0 saturated carbocycles. The summed E-state index contributed by atoms with van der Waals surface area (Å²) in [5.74, 6) is 1.95. The van der Waals surface area contributed by atoms with Gasteiger partial charge in [-0.1, -0.05) is 12.7 Å². The summed E-state index contributed by atoms with van der Waals surface area (Å²) in [5, 5.41) is 0. The summed E-state index contributed by atoms with van der Waals surface area (Å²) in [6.45, 7) is 5.74. The fraction of sp³-hybridized carbons (Fsp3) is 0.111. The number of hydrogen-bond donors (Lipinski definition) is 0. The summed E-state index contributed by atoms with van der Waals surface area (Å²) >= 11 is 0. The summed E-state index contributed by atoms with van der Waals surface area (Å²) in [7, 11) is 0. The minimum Gasteiger partial charge on any atom is -0.457 e. The van der Waals surface area contributed by atoms with Crippen molar-refractivity contribution in [3.05, 3.63) is 29.8 Å². The standard InChI is InChI=1S/C9H8O/c1-3-7-4-8-5-9(10-8)6(7)2/h3-5H,1H2,2H3. The molecule has 2 aliphatic rings. The van der Waals surface area contributed by atoms with E-state index in [1.54, 1.807) is 0 Å². The van der Waals surface area contributed by atoms with E-state index in [0.29, 0.717) is 0 Å². The van der Waals surface area contributed by atoms with Crippen LogP contribution in [0.25, 0.3) is 6.08 Å². The highest BCUT2D eigenvalue weighted by molar-refractivity contribution is 5.63. The zero-order chi connectivity index (χ0) is 7.14. The molecule has 0 saturated heterocycles. The molecule has 2 heterocycles. The van der Waals surface area contributed by atoms with E-state index in [1.807, 2.05) is 25.1 Å². The van der Waals surface area contributed by atoms with E-state index < -0.39 is 0 Å². The summed E-state index contributed by atoms with van der Waals surface area (Å²) in [6, 6.07) is 4.03. The first-order valence-electron chi connectivity index (χ1n) is 3.26. The Morgan fingerprint density at radius 2 is 2.20 bits per heavy atom. The lowest BCUT2D eigenvalue weighted by Gasteiger charge is -2.20. The summed E-state index contributed by atoms with van der Waals surface area (Å²) in [6.07, 6.45) is 1.85. The van der Waals surface area contributed by atoms with Crippen molar-refractivity contribution in [1.82, 2.24) is 0 Å². The largest absolute Gasteiger partial charge is 0.457 e. The van der Waals surface area contributed by atoms with Crippen molar-refractivity contribution in [1.29, 1.82) is 0 Å². The lowest BCUT2D eigenvalue weighted by Crippen LogP contribution is -1.99. The van der Waals surface area contributed by atoms with Crippen molar-refractivity contribution in [3.8, 4) is 11.5 Å². The van der Waals surface area contributed by atoms with Crippen molar-refractivity contribution in [2.24, 2.45) is 0 Å². The minimum atomic E-state index is 0.954. The quantitative estimate of drug-likeness (QED) is 0.579. The highest BCUT2D eigenvalue weighted by Gasteiger charge is 2.15. The Kier molecular flexibility index (Phi) is 0.901. The van der Waals surface area contributed by atoms with E-state index in [4.69, 9.17) is 4.74 Å². The Labute approximate surface area is 59.9 Å². The van der Waals surface area contributed by atoms with Crippen molar-refractivity contribution in [2.75, 3.05) is 0 Å². The zero-order valence-corrected chi connectivity index (χ0v) is 5.85. The molecule has 0 spiro atoms. The Morgan fingerprint density at radius 3 is 2.60 bits per heavy atom. The van der Waals surface area contributed by atoms with Gasteiger partial charge in [-0.3, -0.25) is 0 Å². The molecule has 10 heavy (non-hydrogen) atoms. The van der Waals surface area contributed by atoms with Crippen LogP contribution in [0.15, 0.2) is 18.7 Å². The predicted molar refractivity (Wildman–Crippen MR) is 41.3 cm³/mol. The second kappa shape index (κ2) is 1.63. The smallest absolute Gasteiger partial charge is 0.134 e. The van der Waals surface area contributed by atoms with Crippen molar-refractivity contribution >= 4 is 6.08 Å². The molecule has 50 valence electrons. The summed E-state index contributed by atoms with van der Waals surface area (Å²) in [4.78, 5) is 0. The van der Waals surface area contributed by atoms with E-state index in [9.17, 15) is 0 Å². The third-order valence-electron chi connectivity index (χ3n) is 1.82. The van der Waals surface area contributed by atoms with Gasteiger partial charge in [0.2, 0.25) is 0 Å². The van der Waals surface area contributed by atoms with Crippen LogP contribution >= 0.6 is 0 Å². The minimum absolute atomic E-state index is 0.954. The molecule has 0 amide bonds. The van der Waals surface area contributed by atoms with Crippen LogP contribution in [0.2, 0.25) is 0 Å². The van der Waals surface area contributed by atoms with Gasteiger partial charge >= 0.3 is 0 Å². The number of rotatable bonds is 1. The molecule has 0 aromatic heterocycles. The molecule has 0 N–H and O–H groups in total. The van der Waals surface area contributed by atoms with Crippen LogP contribution in [0.4, 0.5) is 0 Å². The number of fused-ring (bicyclic) bond motifs is 2. The molecule has 0 aliphatic carbocycles. The highest BCUT2D eigenvalue weighted by atomic mass is 16.5. The zero-order valence-electron chi connectivity index (χ0n) is 5.85. The van der Waals surface area contributed by atoms with Crippen LogP contribution in [-0.4, -0.2) is 0 Å². The average molecular weight is 132 g/mol. The molecule has 2 bridgehead atoms. The molecular formula is C9H8O. The van der Waals surface area contributed by atoms with Gasteiger partial charge in [-0.2, -0.15) is 0 Å². The summed E-state index contributed by atoms with van der Waals surface area (Å²) in [5.41, 5.74) is 2.36. The van der Waals surface area contributed by atoms with Crippen LogP contribution < -0.4 is 4.74 Å². The predicted octanol–water partition coefficient (Wildman–Crippen LogP) is 2.74. The fourth-order valence-corrected chi connectivity index (χ4v) is 1.13. The molecule has 1 aromatic carbocycles. The second-order valence-electron chi connectivity index (χ2n) is 2.44. The van der Waals surface area contributed by atoms with E-state index in [-0.39, 0.29) is 0 Å². The molecule has 0 radical (unpaired) electrons. The monoisotopic (exact) mass is 132 g/mol. The maximum absolute atomic E-state index is 5.24. The van der Waals surface area contributed by atoms with Crippen molar-refractivity contribution in [2.45, 2.75) is 6.92 Å². The third-order valence-corrected chi connectivity index (χ3v) is 1.82. The number of benzene rings is 1. The lowest BCUT2D eigenvalue weighted by molar-refractivity contribution is 0.433. The van der Waals surface area contributed by atoms with Crippen LogP contribution in [0.5, 0.6) is 11.5 Å². The molecule has 1 heteroatoms. The van der Waals surface area contributed by atoms with Gasteiger partial charge in [-0.05, 0) is 24.1 Å². The van der Waals surface area contributed by atoms with Crippen LogP contribution in [0.3, 0.4) is 0 Å². The first-order chi connectivity index (χ1) is 4.81. The number of hydrogen-bond acceptors (Lipinski definition) is 1. The van der Waals surface area contributed by atoms with Gasteiger partial charge in [0.15, 0.2) is 0 Å². The summed E-state index contributed by atoms with van der Waals surface area (Å²) < 4.78 is 5.24. The highest BCUT2D eigenvalue weighted by Crippen LogP contribution is 2.40. The Bertz CT molecular complexity index is 300. The molecule has 0 atom stereocenters. The van der Waals surface area contributed by atoms with Gasteiger partial charge in [-0.25, -0.2) is 0 Å². The van der Waals surface area contributed by atoms with Gasteiger partial charge in [-0.15, -0.1) is 0 Å². The van der Waals surface area contributed by atoms with E-state index in [1.165, 1.54) is 11.1 Å². The molecule has 0 unspecified atom stereocenters. The van der Waals surface area contributed by atoms with E-state index in [2.05, 4.69) is 6.58 Å². The van der Waals surface area contributed by atoms with Crippen LogP contribution in [0, 0.1) is 6.92 Å². The molecule has 2 aliphatic heterocycles. The molecule has 0 fully saturated rings. The SMILES string of the molecule is C=Cc1cc2cc(c1C)O2. The van der Waals surface area contributed by atoms with Gasteiger partial charge in [0, 0.05) is 6.07 Å². The molecule has 3 rings (SSSR count). The topological polar surface area (TPSA) is 9.23 Å². The van der Waals surface area contributed by atoms with Crippen molar-refractivity contribution in [3.63, 3.8) is 0 Å². The first kappa shape index (κ1) is 5.54. The second-order valence-corrected chi connectivity index (χ2v) is 2.44. The maximum atomic E-state index is 5.24. The van der Waals surface area contributed by atoms with E-state index in [0.717, 1.165) is 11.5 Å². The molecular weight excluding hydrogens is 124 g/mol. The first-order valence-corrected chi connectivity index (χ1v) is 3.26. The van der Waals surface area contributed by atoms with Crippen LogP contribution in [0.1, 0.15) is 11.1 Å². The van der Waals surface area contributed by atoms with Gasteiger partial charge in [0.05, 0.1) is 0 Å². The normalized spacial score (nSPS) is 11.7. The van der Waals surface area contributed by atoms with Gasteiger partial charge < -0.3 is 4.74 Å². The van der Waals surface area contributed by atoms with Crippen LogP contribution in [-0.2, 0) is 0 Å². The number of ether oxygens (including phenoxy) is 1. The average Bonchev–Trinajstić information content (AvgIpc) is 1.85.